The van der Waals surface area contributed by atoms with Crippen molar-refractivity contribution < 1.29 is 23.1 Å². The van der Waals surface area contributed by atoms with Gasteiger partial charge in [0.2, 0.25) is 0 Å². The molecule has 8 nitrogen and oxygen atoms in total. The molecule has 0 bridgehead atoms. The van der Waals surface area contributed by atoms with Gasteiger partial charge in [0.15, 0.2) is 0 Å². The lowest BCUT2D eigenvalue weighted by Crippen LogP contribution is -2.39. The summed E-state index contributed by atoms with van der Waals surface area (Å²) in [6.07, 6.45) is 3.56. The highest BCUT2D eigenvalue weighted by atomic mass is 19.3. The molecule has 3 N–H and O–H groups in total. The van der Waals surface area contributed by atoms with Crippen LogP contribution in [-0.4, -0.2) is 39.5 Å². The van der Waals surface area contributed by atoms with Crippen molar-refractivity contribution in [1.29, 1.82) is 0 Å². The second-order valence-electron chi connectivity index (χ2n) is 5.91. The topological polar surface area (TPSA) is 112 Å². The van der Waals surface area contributed by atoms with Crippen LogP contribution < -0.4 is 11.1 Å². The molecule has 1 aromatic carbocycles. The Bertz CT molecular complexity index is 809. The van der Waals surface area contributed by atoms with Gasteiger partial charge in [0.1, 0.15) is 12.3 Å². The van der Waals surface area contributed by atoms with Crippen LogP contribution in [0.3, 0.4) is 0 Å². The van der Waals surface area contributed by atoms with Crippen molar-refractivity contribution >= 4 is 18.1 Å². The number of primary amides is 1. The molecule has 0 aliphatic heterocycles. The van der Waals surface area contributed by atoms with E-state index in [0.717, 1.165) is 0 Å². The maximum Gasteiger partial charge on any atom is 0.404 e. The van der Waals surface area contributed by atoms with E-state index in [0.29, 0.717) is 36.7 Å². The number of alkyl halides is 2. The Morgan fingerprint density at radius 2 is 2.00 bits per heavy atom. The van der Waals surface area contributed by atoms with E-state index >= 15 is 0 Å². The molecule has 0 aliphatic carbocycles. The maximum absolute atomic E-state index is 13.8. The van der Waals surface area contributed by atoms with Gasteiger partial charge in [-0.15, -0.1) is 5.10 Å². The molecule has 10 heteroatoms. The fourth-order valence-electron chi connectivity index (χ4n) is 2.22. The van der Waals surface area contributed by atoms with E-state index < -0.39 is 17.9 Å². The van der Waals surface area contributed by atoms with Crippen molar-refractivity contribution in [3.63, 3.8) is 0 Å². The Morgan fingerprint density at radius 3 is 2.71 bits per heavy atom. The summed E-state index contributed by atoms with van der Waals surface area (Å²) in [5, 5.41) is 9.86. The van der Waals surface area contributed by atoms with Crippen LogP contribution >= 0.6 is 0 Å². The molecule has 0 atom stereocenters. The number of benzene rings is 1. The fraction of sp³-hybridized carbons (Fsp3) is 0.333. The number of nitrogens with two attached hydrogens (primary N) is 1. The Balaban J connectivity index is 1.67. The van der Waals surface area contributed by atoms with Crippen LogP contribution in [0, 0.1) is 0 Å². The zero-order chi connectivity index (χ0) is 20.4. The molecule has 0 saturated heterocycles. The monoisotopic (exact) mass is 393 g/mol. The first-order valence-electron chi connectivity index (χ1n) is 8.58. The average molecular weight is 393 g/mol. The SMILES string of the molecule is NC(=O)OCc1cn(CCCCNC(=O)C(F)(F)/C=C/c2ccccc2)nn1. The van der Waals surface area contributed by atoms with E-state index in [9.17, 15) is 18.4 Å². The summed E-state index contributed by atoms with van der Waals surface area (Å²) in [7, 11) is 0. The lowest BCUT2D eigenvalue weighted by Gasteiger charge is -2.12. The predicted molar refractivity (Wildman–Crippen MR) is 97.1 cm³/mol. The summed E-state index contributed by atoms with van der Waals surface area (Å²) in [5.41, 5.74) is 5.88. The zero-order valence-corrected chi connectivity index (χ0v) is 15.1. The number of rotatable bonds is 10. The maximum atomic E-state index is 13.8. The number of hydrogen-bond donors (Lipinski definition) is 2. The fourth-order valence-corrected chi connectivity index (χ4v) is 2.22. The Kier molecular flexibility index (Phi) is 7.61. The van der Waals surface area contributed by atoms with Gasteiger partial charge in [0.25, 0.3) is 5.91 Å². The largest absolute Gasteiger partial charge is 0.443 e. The van der Waals surface area contributed by atoms with Crippen molar-refractivity contribution in [2.45, 2.75) is 31.9 Å². The van der Waals surface area contributed by atoms with Gasteiger partial charge in [-0.3, -0.25) is 9.48 Å². The van der Waals surface area contributed by atoms with Crippen LogP contribution in [0.5, 0.6) is 0 Å². The third kappa shape index (κ3) is 7.14. The minimum atomic E-state index is -3.59. The van der Waals surface area contributed by atoms with E-state index in [1.165, 1.54) is 10.8 Å². The molecule has 2 rings (SSSR count). The van der Waals surface area contributed by atoms with Crippen LogP contribution in [0.4, 0.5) is 13.6 Å². The molecule has 0 unspecified atom stereocenters. The van der Waals surface area contributed by atoms with Gasteiger partial charge in [-0.2, -0.15) is 8.78 Å². The van der Waals surface area contributed by atoms with Crippen LogP contribution in [0.2, 0.25) is 0 Å². The molecule has 0 aliphatic rings. The molecular weight excluding hydrogens is 372 g/mol. The van der Waals surface area contributed by atoms with Crippen molar-refractivity contribution in [3.8, 4) is 0 Å². The van der Waals surface area contributed by atoms with Crippen LogP contribution in [0.25, 0.3) is 6.08 Å². The average Bonchev–Trinajstić information content (AvgIpc) is 3.13. The molecule has 0 spiro atoms. The summed E-state index contributed by atoms with van der Waals surface area (Å²) in [5.74, 6) is -4.93. The molecule has 28 heavy (non-hydrogen) atoms. The van der Waals surface area contributed by atoms with Crippen LogP contribution in [-0.2, 0) is 22.7 Å². The van der Waals surface area contributed by atoms with Gasteiger partial charge < -0.3 is 15.8 Å². The first-order valence-corrected chi connectivity index (χ1v) is 8.58. The van der Waals surface area contributed by atoms with E-state index in [4.69, 9.17) is 5.73 Å². The summed E-state index contributed by atoms with van der Waals surface area (Å²) < 4.78 is 33.8. The van der Waals surface area contributed by atoms with E-state index in [1.54, 1.807) is 36.5 Å². The minimum Gasteiger partial charge on any atom is -0.443 e. The van der Waals surface area contributed by atoms with Gasteiger partial charge in [0.05, 0.1) is 6.20 Å². The lowest BCUT2D eigenvalue weighted by atomic mass is 10.2. The van der Waals surface area contributed by atoms with Gasteiger partial charge >= 0.3 is 12.0 Å². The third-order valence-electron chi connectivity index (χ3n) is 3.64. The van der Waals surface area contributed by atoms with Crippen molar-refractivity contribution in [2.24, 2.45) is 5.73 Å². The Morgan fingerprint density at radius 1 is 1.25 bits per heavy atom. The number of nitrogens with zero attached hydrogens (tertiary/aromatic N) is 3. The molecule has 0 saturated carbocycles. The lowest BCUT2D eigenvalue weighted by molar-refractivity contribution is -0.139. The van der Waals surface area contributed by atoms with Crippen molar-refractivity contribution in [3.05, 3.63) is 53.9 Å². The van der Waals surface area contributed by atoms with Crippen molar-refractivity contribution in [2.75, 3.05) is 6.54 Å². The van der Waals surface area contributed by atoms with Gasteiger partial charge in [-0.25, -0.2) is 4.79 Å². The quantitative estimate of drug-likeness (QED) is 0.601. The van der Waals surface area contributed by atoms with Crippen LogP contribution in [0.15, 0.2) is 42.6 Å². The summed E-state index contributed by atoms with van der Waals surface area (Å²) in [4.78, 5) is 22.2. The molecule has 1 heterocycles. The smallest absolute Gasteiger partial charge is 0.404 e. The number of aryl methyl sites for hydroxylation is 1. The molecule has 2 aromatic rings. The number of ether oxygens (including phenoxy) is 1. The highest BCUT2D eigenvalue weighted by Gasteiger charge is 2.35. The van der Waals surface area contributed by atoms with E-state index in [2.05, 4.69) is 20.4 Å². The number of unbranched alkanes of at least 4 members (excludes halogenated alkanes) is 1. The molecule has 0 radical (unpaired) electrons. The Hall–Kier alpha value is -3.30. The first kappa shape index (κ1) is 21.0. The zero-order valence-electron chi connectivity index (χ0n) is 15.1. The number of carbonyl (C=O) groups is 2. The third-order valence-corrected chi connectivity index (χ3v) is 3.64. The number of amides is 2. The number of carbonyl (C=O) groups excluding carboxylic acids is 2. The first-order chi connectivity index (χ1) is 13.4. The van der Waals surface area contributed by atoms with E-state index in [1.807, 2.05) is 0 Å². The number of nitrogens with one attached hydrogen (secondary N) is 1. The summed E-state index contributed by atoms with van der Waals surface area (Å²) >= 11 is 0. The summed E-state index contributed by atoms with van der Waals surface area (Å²) in [6.45, 7) is 0.515. The molecule has 2 amide bonds. The van der Waals surface area contributed by atoms with Crippen molar-refractivity contribution in [1.82, 2.24) is 20.3 Å². The number of hydrogen-bond acceptors (Lipinski definition) is 5. The number of aromatic nitrogens is 3. The van der Waals surface area contributed by atoms with E-state index in [-0.39, 0.29) is 13.2 Å². The second-order valence-corrected chi connectivity index (χ2v) is 5.91. The highest BCUT2D eigenvalue weighted by molar-refractivity contribution is 5.86. The number of halogens is 2. The van der Waals surface area contributed by atoms with Gasteiger partial charge in [-0.1, -0.05) is 41.6 Å². The highest BCUT2D eigenvalue weighted by Crippen LogP contribution is 2.17. The normalized spacial score (nSPS) is 11.5. The van der Waals surface area contributed by atoms with Gasteiger partial charge in [0, 0.05) is 13.1 Å². The molecule has 0 fully saturated rings. The predicted octanol–water partition coefficient (Wildman–Crippen LogP) is 2.12. The second kappa shape index (κ2) is 10.1. The van der Waals surface area contributed by atoms with Gasteiger partial charge in [-0.05, 0) is 24.5 Å². The molecule has 1 aromatic heterocycles. The standard InChI is InChI=1S/C18H21F2N5O3/c19-18(20,9-8-14-6-2-1-3-7-14)16(26)22-10-4-5-11-25-12-15(23-24-25)13-28-17(21)27/h1-3,6-9,12H,4-5,10-11,13H2,(H2,21,27)(H,22,26)/b9-8+. The Labute approximate surface area is 160 Å². The molecule has 150 valence electrons. The van der Waals surface area contributed by atoms with Crippen LogP contribution in [0.1, 0.15) is 24.1 Å². The molecular formula is C18H21F2N5O3. The minimum absolute atomic E-state index is 0.0724. The summed E-state index contributed by atoms with van der Waals surface area (Å²) in [6, 6.07) is 8.55.